The van der Waals surface area contributed by atoms with Crippen molar-refractivity contribution in [3.05, 3.63) is 57.8 Å². The Morgan fingerprint density at radius 3 is 2.67 bits per heavy atom. The molecule has 1 amide bonds. The van der Waals surface area contributed by atoms with Gasteiger partial charge in [0.1, 0.15) is 0 Å². The van der Waals surface area contributed by atoms with Crippen molar-refractivity contribution in [1.29, 1.82) is 0 Å². The average Bonchev–Trinajstić information content (AvgIpc) is 3.00. The average molecular weight is 300 g/mol. The molecule has 0 bridgehead atoms. The van der Waals surface area contributed by atoms with Crippen molar-refractivity contribution in [2.24, 2.45) is 5.73 Å². The Bertz CT molecular complexity index is 606. The van der Waals surface area contributed by atoms with Crippen LogP contribution >= 0.6 is 11.3 Å². The highest BCUT2D eigenvalue weighted by Crippen LogP contribution is 2.28. The molecule has 2 heterocycles. The molecule has 2 aromatic rings. The summed E-state index contributed by atoms with van der Waals surface area (Å²) < 4.78 is 0. The molecular weight excluding hydrogens is 280 g/mol. The van der Waals surface area contributed by atoms with Crippen molar-refractivity contribution in [2.75, 3.05) is 13.1 Å². The molecular formula is C17H20N2OS. The maximum Gasteiger partial charge on any atom is 0.263 e. The zero-order valence-electron chi connectivity index (χ0n) is 12.2. The second kappa shape index (κ2) is 6.00. The lowest BCUT2D eigenvalue weighted by Crippen LogP contribution is -2.48. The van der Waals surface area contributed by atoms with Crippen LogP contribution in [0.3, 0.4) is 0 Å². The Morgan fingerprint density at radius 2 is 2.00 bits per heavy atom. The highest BCUT2D eigenvalue weighted by atomic mass is 32.1. The summed E-state index contributed by atoms with van der Waals surface area (Å²) in [6, 6.07) is 12.4. The third-order valence-electron chi connectivity index (χ3n) is 4.05. The second-order valence-corrected chi connectivity index (χ2v) is 6.74. The lowest BCUT2D eigenvalue weighted by molar-refractivity contribution is 0.0694. The van der Waals surface area contributed by atoms with Crippen molar-refractivity contribution < 1.29 is 4.79 Å². The van der Waals surface area contributed by atoms with E-state index in [1.807, 2.05) is 22.4 Å². The highest BCUT2D eigenvalue weighted by Gasteiger charge is 2.29. The maximum absolute atomic E-state index is 12.5. The summed E-state index contributed by atoms with van der Waals surface area (Å²) in [5.41, 5.74) is 8.72. The molecule has 0 saturated carbocycles. The van der Waals surface area contributed by atoms with Gasteiger partial charge in [0.15, 0.2) is 0 Å². The SMILES string of the molecule is Cc1ccc(C2CC(N)CN(C(=O)c3cccs3)C2)cc1. The van der Waals surface area contributed by atoms with Crippen LogP contribution in [0.2, 0.25) is 0 Å². The number of hydrogen-bond donors (Lipinski definition) is 1. The quantitative estimate of drug-likeness (QED) is 0.926. The normalized spacial score (nSPS) is 22.3. The second-order valence-electron chi connectivity index (χ2n) is 5.79. The van der Waals surface area contributed by atoms with Crippen molar-refractivity contribution in [2.45, 2.75) is 25.3 Å². The Morgan fingerprint density at radius 1 is 1.24 bits per heavy atom. The first kappa shape index (κ1) is 14.3. The van der Waals surface area contributed by atoms with E-state index >= 15 is 0 Å². The van der Waals surface area contributed by atoms with Gasteiger partial charge in [0.2, 0.25) is 0 Å². The van der Waals surface area contributed by atoms with E-state index in [0.717, 1.165) is 17.8 Å². The monoisotopic (exact) mass is 300 g/mol. The Labute approximate surface area is 129 Å². The summed E-state index contributed by atoms with van der Waals surface area (Å²) in [5, 5.41) is 1.94. The van der Waals surface area contributed by atoms with E-state index in [-0.39, 0.29) is 11.9 Å². The van der Waals surface area contributed by atoms with E-state index in [2.05, 4.69) is 31.2 Å². The molecule has 0 spiro atoms. The molecule has 2 N–H and O–H groups in total. The lowest BCUT2D eigenvalue weighted by atomic mass is 9.88. The number of hydrogen-bond acceptors (Lipinski definition) is 3. The Balaban J connectivity index is 1.78. The topological polar surface area (TPSA) is 46.3 Å². The van der Waals surface area contributed by atoms with Crippen LogP contribution in [0.4, 0.5) is 0 Å². The first-order chi connectivity index (χ1) is 10.1. The summed E-state index contributed by atoms with van der Waals surface area (Å²) in [5.74, 6) is 0.440. The fourth-order valence-electron chi connectivity index (χ4n) is 2.94. The summed E-state index contributed by atoms with van der Waals surface area (Å²) in [6.45, 7) is 3.50. The molecule has 1 aliphatic heterocycles. The van der Waals surface area contributed by atoms with Gasteiger partial charge >= 0.3 is 0 Å². The number of benzene rings is 1. The van der Waals surface area contributed by atoms with E-state index in [0.29, 0.717) is 12.5 Å². The van der Waals surface area contributed by atoms with Gasteiger partial charge in [-0.1, -0.05) is 35.9 Å². The molecule has 0 aliphatic carbocycles. The van der Waals surface area contributed by atoms with Crippen LogP contribution in [0.5, 0.6) is 0 Å². The largest absolute Gasteiger partial charge is 0.336 e. The molecule has 2 unspecified atom stereocenters. The molecule has 21 heavy (non-hydrogen) atoms. The molecule has 1 fully saturated rings. The molecule has 1 aromatic heterocycles. The van der Waals surface area contributed by atoms with Gasteiger partial charge < -0.3 is 10.6 Å². The minimum Gasteiger partial charge on any atom is -0.336 e. The van der Waals surface area contributed by atoms with Crippen molar-refractivity contribution in [3.63, 3.8) is 0 Å². The smallest absolute Gasteiger partial charge is 0.263 e. The zero-order chi connectivity index (χ0) is 14.8. The van der Waals surface area contributed by atoms with Gasteiger partial charge in [0, 0.05) is 25.0 Å². The molecule has 1 saturated heterocycles. The van der Waals surface area contributed by atoms with E-state index in [1.165, 1.54) is 22.5 Å². The predicted octanol–water partition coefficient (Wildman–Crippen LogP) is 3.01. The number of piperidine rings is 1. The minimum atomic E-state index is 0.0500. The number of aryl methyl sites for hydroxylation is 1. The number of amides is 1. The molecule has 3 nitrogen and oxygen atoms in total. The molecule has 0 radical (unpaired) electrons. The number of carbonyl (C=O) groups excluding carboxylic acids is 1. The molecule has 1 aromatic carbocycles. The minimum absolute atomic E-state index is 0.0500. The van der Waals surface area contributed by atoms with Gasteiger partial charge in [-0.05, 0) is 30.4 Å². The summed E-state index contributed by atoms with van der Waals surface area (Å²) >= 11 is 1.49. The van der Waals surface area contributed by atoms with Crippen LogP contribution < -0.4 is 5.73 Å². The van der Waals surface area contributed by atoms with Crippen LogP contribution in [-0.2, 0) is 0 Å². The number of carbonyl (C=O) groups is 1. The maximum atomic E-state index is 12.5. The van der Waals surface area contributed by atoms with Gasteiger partial charge in [-0.2, -0.15) is 0 Å². The fraction of sp³-hybridized carbons (Fsp3) is 0.353. The molecule has 1 aliphatic rings. The number of likely N-dealkylation sites (tertiary alicyclic amines) is 1. The third-order valence-corrected chi connectivity index (χ3v) is 4.91. The van der Waals surface area contributed by atoms with Gasteiger partial charge in [0.25, 0.3) is 5.91 Å². The van der Waals surface area contributed by atoms with Crippen LogP contribution in [0.25, 0.3) is 0 Å². The third kappa shape index (κ3) is 3.17. The van der Waals surface area contributed by atoms with Gasteiger partial charge in [-0.25, -0.2) is 0 Å². The number of nitrogens with zero attached hydrogens (tertiary/aromatic N) is 1. The van der Waals surface area contributed by atoms with Crippen molar-refractivity contribution in [1.82, 2.24) is 4.90 Å². The number of thiophene rings is 1. The summed E-state index contributed by atoms with van der Waals surface area (Å²) in [4.78, 5) is 15.2. The zero-order valence-corrected chi connectivity index (χ0v) is 13.0. The first-order valence-electron chi connectivity index (χ1n) is 7.28. The van der Waals surface area contributed by atoms with Crippen molar-refractivity contribution >= 4 is 17.2 Å². The lowest BCUT2D eigenvalue weighted by Gasteiger charge is -2.36. The Hall–Kier alpha value is -1.65. The van der Waals surface area contributed by atoms with E-state index in [4.69, 9.17) is 5.73 Å². The van der Waals surface area contributed by atoms with Crippen LogP contribution in [0, 0.1) is 6.92 Å². The van der Waals surface area contributed by atoms with Gasteiger partial charge in [0.05, 0.1) is 4.88 Å². The van der Waals surface area contributed by atoms with E-state index in [1.54, 1.807) is 0 Å². The molecule has 4 heteroatoms. The van der Waals surface area contributed by atoms with Crippen LogP contribution in [-0.4, -0.2) is 29.9 Å². The molecule has 2 atom stereocenters. The van der Waals surface area contributed by atoms with Crippen LogP contribution in [0.15, 0.2) is 41.8 Å². The van der Waals surface area contributed by atoms with Gasteiger partial charge in [-0.15, -0.1) is 11.3 Å². The van der Waals surface area contributed by atoms with E-state index in [9.17, 15) is 4.79 Å². The first-order valence-corrected chi connectivity index (χ1v) is 8.16. The summed E-state index contributed by atoms with van der Waals surface area (Å²) in [7, 11) is 0. The predicted molar refractivity (Wildman–Crippen MR) is 86.7 cm³/mol. The van der Waals surface area contributed by atoms with E-state index < -0.39 is 0 Å². The van der Waals surface area contributed by atoms with Crippen molar-refractivity contribution in [3.8, 4) is 0 Å². The molecule has 3 rings (SSSR count). The number of nitrogens with two attached hydrogens (primary N) is 1. The highest BCUT2D eigenvalue weighted by molar-refractivity contribution is 7.12. The molecule has 110 valence electrons. The fourth-order valence-corrected chi connectivity index (χ4v) is 3.63. The van der Waals surface area contributed by atoms with Crippen LogP contribution in [0.1, 0.15) is 33.1 Å². The number of rotatable bonds is 2. The van der Waals surface area contributed by atoms with Gasteiger partial charge in [-0.3, -0.25) is 4.79 Å². The standard InChI is InChI=1S/C17H20N2OS/c1-12-4-6-13(7-5-12)14-9-15(18)11-19(10-14)17(20)16-3-2-8-21-16/h2-8,14-15H,9-11,18H2,1H3. The Kier molecular flexibility index (Phi) is 4.08. The summed E-state index contributed by atoms with van der Waals surface area (Å²) in [6.07, 6.45) is 0.942.